The summed E-state index contributed by atoms with van der Waals surface area (Å²) in [7, 11) is 0. The average Bonchev–Trinajstić information content (AvgIpc) is 2.25. The average molecular weight is 204 g/mol. The van der Waals surface area contributed by atoms with Crippen molar-refractivity contribution in [1.29, 1.82) is 0 Å². The second-order valence-electron chi connectivity index (χ2n) is 3.47. The van der Waals surface area contributed by atoms with Gasteiger partial charge in [0.05, 0.1) is 12.7 Å². The molecule has 0 amide bonds. The van der Waals surface area contributed by atoms with E-state index in [1.807, 2.05) is 37.3 Å². The quantitative estimate of drug-likeness (QED) is 0.712. The summed E-state index contributed by atoms with van der Waals surface area (Å²) < 4.78 is 5.54. The van der Waals surface area contributed by atoms with Gasteiger partial charge in [-0.25, -0.2) is 0 Å². The number of carbonyl (C=O) groups excluding carboxylic acids is 1. The molecule has 0 heterocycles. The van der Waals surface area contributed by atoms with Gasteiger partial charge < -0.3 is 4.74 Å². The highest BCUT2D eigenvalue weighted by Crippen LogP contribution is 2.06. The lowest BCUT2D eigenvalue weighted by Crippen LogP contribution is -2.11. The Labute approximate surface area is 91.3 Å². The van der Waals surface area contributed by atoms with Crippen LogP contribution in [0.1, 0.15) is 19.4 Å². The maximum Gasteiger partial charge on any atom is 0.134 e. The molecule has 1 aromatic rings. The molecule has 80 valence electrons. The van der Waals surface area contributed by atoms with E-state index in [0.29, 0.717) is 6.61 Å². The predicted molar refractivity (Wildman–Crippen MR) is 60.0 cm³/mol. The van der Waals surface area contributed by atoms with E-state index in [2.05, 4.69) is 0 Å². The van der Waals surface area contributed by atoms with Crippen LogP contribution in [-0.2, 0) is 16.1 Å². The van der Waals surface area contributed by atoms with E-state index in [1.54, 1.807) is 6.42 Å². The van der Waals surface area contributed by atoms with Gasteiger partial charge in [-0.1, -0.05) is 30.3 Å². The van der Waals surface area contributed by atoms with Crippen molar-refractivity contribution >= 4 is 5.78 Å². The summed E-state index contributed by atoms with van der Waals surface area (Å²) in [5.74, 6) is 0.0464. The first kappa shape index (κ1) is 11.9. The molecule has 0 aliphatic carbocycles. The van der Waals surface area contributed by atoms with Gasteiger partial charge in [0, 0.05) is 12.8 Å². The van der Waals surface area contributed by atoms with Gasteiger partial charge in [-0.05, 0) is 19.4 Å². The third kappa shape index (κ3) is 5.33. The number of Topliss-reactive ketones (excluding diaryl/α,β-unsaturated/α-hetero) is 1. The van der Waals surface area contributed by atoms with Crippen LogP contribution in [0, 0.1) is 12.8 Å². The fourth-order valence-corrected chi connectivity index (χ4v) is 1.13. The minimum atomic E-state index is -0.0332. The maximum atomic E-state index is 10.7. The molecule has 1 aromatic carbocycles. The Balaban J connectivity index is 2.22. The highest BCUT2D eigenvalue weighted by atomic mass is 16.5. The number of ketones is 1. The van der Waals surface area contributed by atoms with Crippen LogP contribution in [0.4, 0.5) is 0 Å². The summed E-state index contributed by atoms with van der Waals surface area (Å²) in [5, 5.41) is 0. The predicted octanol–water partition coefficient (Wildman–Crippen LogP) is 2.59. The number of benzene rings is 1. The van der Waals surface area contributed by atoms with Gasteiger partial charge >= 0.3 is 0 Å². The molecule has 0 aliphatic rings. The van der Waals surface area contributed by atoms with E-state index in [9.17, 15) is 4.79 Å². The van der Waals surface area contributed by atoms with E-state index >= 15 is 0 Å². The molecule has 0 aliphatic heterocycles. The van der Waals surface area contributed by atoms with Crippen molar-refractivity contribution in [2.45, 2.75) is 26.6 Å². The number of hydrogen-bond donors (Lipinski definition) is 0. The molecule has 0 saturated carbocycles. The van der Waals surface area contributed by atoms with Crippen molar-refractivity contribution in [2.24, 2.45) is 0 Å². The summed E-state index contributed by atoms with van der Waals surface area (Å²) >= 11 is 0. The zero-order valence-electron chi connectivity index (χ0n) is 9.14. The molecule has 1 atom stereocenters. The molecule has 0 bridgehead atoms. The Kier molecular flexibility index (Phi) is 5.05. The molecule has 1 rings (SSSR count). The molecule has 0 spiro atoms. The lowest BCUT2D eigenvalue weighted by molar-refractivity contribution is -0.113. The number of rotatable bonds is 6. The Morgan fingerprint density at radius 2 is 2.07 bits per heavy atom. The minimum Gasteiger partial charge on any atom is -0.374 e. The largest absolute Gasteiger partial charge is 0.374 e. The molecule has 0 fully saturated rings. The van der Waals surface area contributed by atoms with Gasteiger partial charge in [-0.15, -0.1) is 0 Å². The summed E-state index contributed by atoms with van der Waals surface area (Å²) in [6, 6.07) is 9.97. The Hall–Kier alpha value is -1.15. The summed E-state index contributed by atoms with van der Waals surface area (Å²) in [4.78, 5) is 10.7. The smallest absolute Gasteiger partial charge is 0.134 e. The Bertz CT molecular complexity index is 293. The van der Waals surface area contributed by atoms with Crippen LogP contribution in [0.15, 0.2) is 30.3 Å². The van der Waals surface area contributed by atoms with E-state index < -0.39 is 0 Å². The number of carbonyl (C=O) groups is 1. The van der Waals surface area contributed by atoms with E-state index in [0.717, 1.165) is 5.56 Å². The normalized spacial score (nSPS) is 12.4. The SMILES string of the molecule is CC(=O)[CH][CH]C(C)OCc1ccccc1. The highest BCUT2D eigenvalue weighted by molar-refractivity contribution is 5.85. The zero-order chi connectivity index (χ0) is 11.1. The lowest BCUT2D eigenvalue weighted by Gasteiger charge is -2.11. The monoisotopic (exact) mass is 204 g/mol. The van der Waals surface area contributed by atoms with Gasteiger partial charge in [-0.2, -0.15) is 0 Å². The zero-order valence-corrected chi connectivity index (χ0v) is 9.14. The first-order valence-electron chi connectivity index (χ1n) is 5.03. The van der Waals surface area contributed by atoms with Crippen LogP contribution in [-0.4, -0.2) is 11.9 Å². The van der Waals surface area contributed by atoms with E-state index in [4.69, 9.17) is 4.74 Å². The summed E-state index contributed by atoms with van der Waals surface area (Å²) in [5.41, 5.74) is 1.14. The van der Waals surface area contributed by atoms with Crippen LogP contribution in [0.2, 0.25) is 0 Å². The van der Waals surface area contributed by atoms with Gasteiger partial charge in [0.1, 0.15) is 5.78 Å². The topological polar surface area (TPSA) is 26.3 Å². The summed E-state index contributed by atoms with van der Waals surface area (Å²) in [6.07, 6.45) is 3.27. The molecular weight excluding hydrogens is 188 g/mol. The third-order valence-corrected chi connectivity index (χ3v) is 1.96. The molecule has 1 unspecified atom stereocenters. The van der Waals surface area contributed by atoms with Crippen molar-refractivity contribution in [3.05, 3.63) is 48.7 Å². The molecule has 0 saturated heterocycles. The lowest BCUT2D eigenvalue weighted by atomic mass is 10.1. The van der Waals surface area contributed by atoms with Gasteiger partial charge in [0.25, 0.3) is 0 Å². The fourth-order valence-electron chi connectivity index (χ4n) is 1.13. The molecule has 2 radical (unpaired) electrons. The Morgan fingerprint density at radius 3 is 2.67 bits per heavy atom. The first-order valence-corrected chi connectivity index (χ1v) is 5.03. The van der Waals surface area contributed by atoms with E-state index in [-0.39, 0.29) is 11.9 Å². The highest BCUT2D eigenvalue weighted by Gasteiger charge is 2.04. The van der Waals surface area contributed by atoms with Crippen LogP contribution in [0.5, 0.6) is 0 Å². The van der Waals surface area contributed by atoms with Crippen LogP contribution >= 0.6 is 0 Å². The fraction of sp³-hybridized carbons (Fsp3) is 0.308. The van der Waals surface area contributed by atoms with Crippen molar-refractivity contribution in [1.82, 2.24) is 0 Å². The van der Waals surface area contributed by atoms with Gasteiger partial charge in [-0.3, -0.25) is 4.79 Å². The number of hydrogen-bond acceptors (Lipinski definition) is 2. The maximum absolute atomic E-state index is 10.7. The first-order chi connectivity index (χ1) is 7.18. The minimum absolute atomic E-state index is 0.0332. The van der Waals surface area contributed by atoms with Crippen molar-refractivity contribution in [2.75, 3.05) is 0 Å². The van der Waals surface area contributed by atoms with Crippen LogP contribution in [0.25, 0.3) is 0 Å². The molecule has 2 nitrogen and oxygen atoms in total. The summed E-state index contributed by atoms with van der Waals surface area (Å²) in [6.45, 7) is 4.02. The van der Waals surface area contributed by atoms with Crippen molar-refractivity contribution < 1.29 is 9.53 Å². The molecule has 15 heavy (non-hydrogen) atoms. The second kappa shape index (κ2) is 6.36. The Morgan fingerprint density at radius 1 is 1.40 bits per heavy atom. The van der Waals surface area contributed by atoms with Crippen molar-refractivity contribution in [3.8, 4) is 0 Å². The molecule has 2 heteroatoms. The third-order valence-electron chi connectivity index (χ3n) is 1.96. The second-order valence-corrected chi connectivity index (χ2v) is 3.47. The standard InChI is InChI=1S/C13H16O2/c1-11(14)8-9-12(2)15-10-13-6-4-3-5-7-13/h3-9,12H,10H2,1-2H3. The molecule has 0 N–H and O–H groups in total. The van der Waals surface area contributed by atoms with Crippen molar-refractivity contribution in [3.63, 3.8) is 0 Å². The van der Waals surface area contributed by atoms with Gasteiger partial charge in [0.2, 0.25) is 0 Å². The van der Waals surface area contributed by atoms with E-state index in [1.165, 1.54) is 13.3 Å². The number of ether oxygens (including phenoxy) is 1. The molecule has 0 aromatic heterocycles. The van der Waals surface area contributed by atoms with Crippen LogP contribution < -0.4 is 0 Å². The molecular formula is C13H16O2. The van der Waals surface area contributed by atoms with Gasteiger partial charge in [0.15, 0.2) is 0 Å². The van der Waals surface area contributed by atoms with Crippen LogP contribution in [0.3, 0.4) is 0 Å².